The van der Waals surface area contributed by atoms with Crippen LogP contribution in [-0.4, -0.2) is 17.4 Å². The fourth-order valence-corrected chi connectivity index (χ4v) is 3.40. The molecule has 3 nitrogen and oxygen atoms in total. The molecule has 3 rings (SSSR count). The van der Waals surface area contributed by atoms with E-state index in [1.54, 1.807) is 4.90 Å². The summed E-state index contributed by atoms with van der Waals surface area (Å²) in [4.78, 5) is 19.0. The number of thiazole rings is 1. The summed E-state index contributed by atoms with van der Waals surface area (Å²) in [6.07, 6.45) is 0. The number of halogens is 1. The van der Waals surface area contributed by atoms with Crippen LogP contribution >= 0.6 is 27.3 Å². The van der Waals surface area contributed by atoms with Crippen molar-refractivity contribution in [3.05, 3.63) is 70.0 Å². The second kappa shape index (κ2) is 7.06. The van der Waals surface area contributed by atoms with Crippen LogP contribution in [-0.2, 0) is 0 Å². The molecule has 116 valence electrons. The summed E-state index contributed by atoms with van der Waals surface area (Å²) in [5.74, 6) is -0.0334. The Morgan fingerprint density at radius 2 is 1.83 bits per heavy atom. The number of carbonyl (C=O) groups excluding carboxylic acids is 1. The molecule has 23 heavy (non-hydrogen) atoms. The van der Waals surface area contributed by atoms with Gasteiger partial charge in [0, 0.05) is 27.5 Å². The number of hydrogen-bond acceptors (Lipinski definition) is 3. The van der Waals surface area contributed by atoms with Crippen LogP contribution < -0.4 is 4.90 Å². The van der Waals surface area contributed by atoms with Gasteiger partial charge in [-0.3, -0.25) is 9.69 Å². The van der Waals surface area contributed by atoms with Crippen LogP contribution in [0.15, 0.2) is 64.5 Å². The summed E-state index contributed by atoms with van der Waals surface area (Å²) in [7, 11) is 0. The summed E-state index contributed by atoms with van der Waals surface area (Å²) in [6, 6.07) is 17.4. The highest BCUT2D eigenvalue weighted by molar-refractivity contribution is 9.10. The summed E-state index contributed by atoms with van der Waals surface area (Å²) < 4.78 is 0.956. The van der Waals surface area contributed by atoms with Gasteiger partial charge in [-0.15, -0.1) is 11.3 Å². The van der Waals surface area contributed by atoms with Crippen molar-refractivity contribution in [3.8, 4) is 11.3 Å². The Labute approximate surface area is 147 Å². The molecule has 5 heteroatoms. The van der Waals surface area contributed by atoms with E-state index in [1.807, 2.05) is 66.9 Å². The quantitative estimate of drug-likeness (QED) is 0.614. The normalized spacial score (nSPS) is 10.5. The van der Waals surface area contributed by atoms with Crippen molar-refractivity contribution in [2.24, 2.45) is 0 Å². The zero-order chi connectivity index (χ0) is 16.2. The molecule has 0 spiro atoms. The average molecular weight is 387 g/mol. The number of benzene rings is 2. The van der Waals surface area contributed by atoms with Gasteiger partial charge in [0.15, 0.2) is 5.13 Å². The van der Waals surface area contributed by atoms with Crippen molar-refractivity contribution in [1.82, 2.24) is 4.98 Å². The fraction of sp³-hybridized carbons (Fsp3) is 0.111. The second-order valence-corrected chi connectivity index (χ2v) is 6.69. The minimum absolute atomic E-state index is 0.0334. The number of hydrogen-bond donors (Lipinski definition) is 0. The molecule has 0 aliphatic heterocycles. The molecule has 0 N–H and O–H groups in total. The topological polar surface area (TPSA) is 33.2 Å². The molecule has 0 atom stereocenters. The second-order valence-electron chi connectivity index (χ2n) is 4.94. The van der Waals surface area contributed by atoms with E-state index < -0.39 is 0 Å². The predicted molar refractivity (Wildman–Crippen MR) is 99.0 cm³/mol. The predicted octanol–water partition coefficient (Wildman–Crippen LogP) is 5.24. The molecule has 0 bridgehead atoms. The summed E-state index contributed by atoms with van der Waals surface area (Å²) >= 11 is 4.88. The van der Waals surface area contributed by atoms with Gasteiger partial charge in [-0.25, -0.2) is 4.98 Å². The van der Waals surface area contributed by atoms with E-state index in [-0.39, 0.29) is 5.91 Å². The smallest absolute Gasteiger partial charge is 0.260 e. The SMILES string of the molecule is CCN(C(=O)c1ccc(Br)cc1)c1nc(-c2ccccc2)cs1. The third kappa shape index (κ3) is 3.51. The molecular weight excluding hydrogens is 372 g/mol. The first-order valence-corrected chi connectivity index (χ1v) is 8.94. The van der Waals surface area contributed by atoms with Gasteiger partial charge in [-0.2, -0.15) is 0 Å². The molecule has 0 aliphatic rings. The summed E-state index contributed by atoms with van der Waals surface area (Å²) in [6.45, 7) is 2.54. The van der Waals surface area contributed by atoms with Gasteiger partial charge in [0.2, 0.25) is 0 Å². The van der Waals surface area contributed by atoms with Crippen LogP contribution in [0.1, 0.15) is 17.3 Å². The van der Waals surface area contributed by atoms with Gasteiger partial charge in [0.1, 0.15) is 0 Å². The van der Waals surface area contributed by atoms with Gasteiger partial charge < -0.3 is 0 Å². The highest BCUT2D eigenvalue weighted by Gasteiger charge is 2.19. The Balaban J connectivity index is 1.88. The molecule has 1 heterocycles. The van der Waals surface area contributed by atoms with Crippen LogP contribution in [0.4, 0.5) is 5.13 Å². The van der Waals surface area contributed by atoms with Crippen molar-refractivity contribution in [2.75, 3.05) is 11.4 Å². The molecule has 0 saturated heterocycles. The molecule has 3 aromatic rings. The highest BCUT2D eigenvalue weighted by Crippen LogP contribution is 2.28. The number of rotatable bonds is 4. The lowest BCUT2D eigenvalue weighted by molar-refractivity contribution is 0.0988. The Hall–Kier alpha value is -1.98. The minimum Gasteiger partial charge on any atom is -0.284 e. The number of aromatic nitrogens is 1. The maximum absolute atomic E-state index is 12.7. The van der Waals surface area contributed by atoms with E-state index >= 15 is 0 Å². The van der Waals surface area contributed by atoms with E-state index in [9.17, 15) is 4.79 Å². The van der Waals surface area contributed by atoms with Crippen molar-refractivity contribution in [3.63, 3.8) is 0 Å². The molecule has 0 aliphatic carbocycles. The standard InChI is InChI=1S/C18H15BrN2OS/c1-2-21(17(22)14-8-10-15(19)11-9-14)18-20-16(12-23-18)13-6-4-3-5-7-13/h3-12H,2H2,1H3. The van der Waals surface area contributed by atoms with Crippen LogP contribution in [0.5, 0.6) is 0 Å². The molecular formula is C18H15BrN2OS. The number of amides is 1. The van der Waals surface area contributed by atoms with Gasteiger partial charge in [-0.05, 0) is 31.2 Å². The Kier molecular flexibility index (Phi) is 4.88. The lowest BCUT2D eigenvalue weighted by Crippen LogP contribution is -2.30. The Morgan fingerprint density at radius 1 is 1.13 bits per heavy atom. The summed E-state index contributed by atoms with van der Waals surface area (Å²) in [5, 5.41) is 2.71. The largest absolute Gasteiger partial charge is 0.284 e. The van der Waals surface area contributed by atoms with Crippen molar-refractivity contribution in [2.45, 2.75) is 6.92 Å². The van der Waals surface area contributed by atoms with Crippen LogP contribution in [0, 0.1) is 0 Å². The number of carbonyl (C=O) groups is 1. The summed E-state index contributed by atoms with van der Waals surface area (Å²) in [5.41, 5.74) is 2.61. The number of nitrogens with zero attached hydrogens (tertiary/aromatic N) is 2. The van der Waals surface area contributed by atoms with Gasteiger partial charge in [0.05, 0.1) is 5.69 Å². The van der Waals surface area contributed by atoms with Crippen LogP contribution in [0.3, 0.4) is 0 Å². The third-order valence-corrected chi connectivity index (χ3v) is 4.84. The van der Waals surface area contributed by atoms with Crippen molar-refractivity contribution < 1.29 is 4.79 Å². The molecule has 0 fully saturated rings. The van der Waals surface area contributed by atoms with Crippen LogP contribution in [0.2, 0.25) is 0 Å². The molecule has 0 unspecified atom stereocenters. The van der Waals surface area contributed by atoms with E-state index in [2.05, 4.69) is 20.9 Å². The maximum atomic E-state index is 12.7. The third-order valence-electron chi connectivity index (χ3n) is 3.45. The Morgan fingerprint density at radius 3 is 2.48 bits per heavy atom. The first-order chi connectivity index (χ1) is 11.2. The first kappa shape index (κ1) is 15.9. The Bertz CT molecular complexity index is 799. The van der Waals surface area contributed by atoms with Crippen molar-refractivity contribution >= 4 is 38.3 Å². The van der Waals surface area contributed by atoms with Crippen LogP contribution in [0.25, 0.3) is 11.3 Å². The maximum Gasteiger partial charge on any atom is 0.260 e. The lowest BCUT2D eigenvalue weighted by Gasteiger charge is -2.17. The molecule has 1 aromatic heterocycles. The molecule has 1 amide bonds. The first-order valence-electron chi connectivity index (χ1n) is 7.27. The monoisotopic (exact) mass is 386 g/mol. The van der Waals surface area contributed by atoms with Crippen molar-refractivity contribution in [1.29, 1.82) is 0 Å². The minimum atomic E-state index is -0.0334. The zero-order valence-electron chi connectivity index (χ0n) is 12.6. The van der Waals surface area contributed by atoms with E-state index in [0.717, 1.165) is 20.9 Å². The lowest BCUT2D eigenvalue weighted by atomic mass is 10.2. The molecule has 0 radical (unpaired) electrons. The van der Waals surface area contributed by atoms with E-state index in [1.165, 1.54) is 11.3 Å². The van der Waals surface area contributed by atoms with Gasteiger partial charge >= 0.3 is 0 Å². The van der Waals surface area contributed by atoms with Gasteiger partial charge in [-0.1, -0.05) is 46.3 Å². The zero-order valence-corrected chi connectivity index (χ0v) is 15.0. The molecule has 0 saturated carbocycles. The highest BCUT2D eigenvalue weighted by atomic mass is 79.9. The van der Waals surface area contributed by atoms with E-state index in [0.29, 0.717) is 12.1 Å². The van der Waals surface area contributed by atoms with Gasteiger partial charge in [0.25, 0.3) is 5.91 Å². The van der Waals surface area contributed by atoms with E-state index in [4.69, 9.17) is 0 Å². The fourth-order valence-electron chi connectivity index (χ4n) is 2.24. The number of anilines is 1. The molecule has 2 aromatic carbocycles. The average Bonchev–Trinajstić information content (AvgIpc) is 3.06.